The lowest BCUT2D eigenvalue weighted by molar-refractivity contribution is -0.147. The molecule has 0 radical (unpaired) electrons. The van der Waals surface area contributed by atoms with E-state index in [-0.39, 0.29) is 56.9 Å². The Bertz CT molecular complexity index is 1190. The van der Waals surface area contributed by atoms with E-state index in [1.54, 1.807) is 9.80 Å². The van der Waals surface area contributed by atoms with Crippen LogP contribution < -0.4 is 5.32 Å². The fourth-order valence-electron chi connectivity index (χ4n) is 6.47. The largest absolute Gasteiger partial charge is 0.388 e. The van der Waals surface area contributed by atoms with Crippen molar-refractivity contribution in [3.05, 3.63) is 35.4 Å². The third-order valence-corrected chi connectivity index (χ3v) is 8.78. The molecular formula is C28H36F2N4O7. The predicted molar refractivity (Wildman–Crippen MR) is 138 cm³/mol. The summed E-state index contributed by atoms with van der Waals surface area (Å²) in [6.07, 6.45) is -3.21. The zero-order chi connectivity index (χ0) is 28.8. The van der Waals surface area contributed by atoms with Gasteiger partial charge in [-0.1, -0.05) is 6.07 Å². The highest BCUT2D eigenvalue weighted by Gasteiger charge is 2.47. The van der Waals surface area contributed by atoms with Gasteiger partial charge in [0.05, 0.1) is 31.3 Å². The molecule has 1 aliphatic carbocycles. The minimum Gasteiger partial charge on any atom is -0.388 e. The Morgan fingerprint density at radius 2 is 1.80 bits per heavy atom. The molecule has 4 aliphatic heterocycles. The van der Waals surface area contributed by atoms with E-state index in [1.165, 1.54) is 6.07 Å². The molecule has 6 rings (SSSR count). The number of fused-ring (bicyclic) bond motifs is 6. The molecule has 0 unspecified atom stereocenters. The van der Waals surface area contributed by atoms with E-state index < -0.39 is 60.1 Å². The summed E-state index contributed by atoms with van der Waals surface area (Å²) in [6.45, 7) is 1.59. The number of hydrogen-bond acceptors (Lipinski definition) is 8. The first-order chi connectivity index (χ1) is 19.7. The van der Waals surface area contributed by atoms with Crippen LogP contribution in [0.15, 0.2) is 18.2 Å². The van der Waals surface area contributed by atoms with E-state index in [9.17, 15) is 33.4 Å². The van der Waals surface area contributed by atoms with Gasteiger partial charge in [0.2, 0.25) is 17.7 Å². The van der Waals surface area contributed by atoms with Crippen LogP contribution in [0.25, 0.3) is 0 Å². The van der Waals surface area contributed by atoms with Crippen molar-refractivity contribution in [3.8, 4) is 0 Å². The number of aliphatic hydroxyl groups is 2. The number of benzene rings is 1. The van der Waals surface area contributed by atoms with E-state index in [1.807, 2.05) is 4.90 Å². The van der Waals surface area contributed by atoms with Crippen molar-refractivity contribution < 1.29 is 42.9 Å². The van der Waals surface area contributed by atoms with Gasteiger partial charge in [-0.2, -0.15) is 0 Å². The number of halogens is 2. The third kappa shape index (κ3) is 6.09. The number of hydrogen-bond donors (Lipinski definition) is 3. The third-order valence-electron chi connectivity index (χ3n) is 8.78. The molecule has 1 aromatic carbocycles. The maximum absolute atomic E-state index is 13.9. The molecule has 11 nitrogen and oxygen atoms in total. The van der Waals surface area contributed by atoms with Gasteiger partial charge in [0.1, 0.15) is 18.3 Å². The minimum absolute atomic E-state index is 0.0345. The lowest BCUT2D eigenvalue weighted by atomic mass is 10.0. The van der Waals surface area contributed by atoms with Crippen LogP contribution in [0.3, 0.4) is 0 Å². The van der Waals surface area contributed by atoms with Gasteiger partial charge in [0.15, 0.2) is 11.6 Å². The Kier molecular flexibility index (Phi) is 7.98. The number of amides is 3. The molecule has 0 aromatic heterocycles. The van der Waals surface area contributed by atoms with Crippen LogP contribution >= 0.6 is 0 Å². The van der Waals surface area contributed by atoms with Crippen LogP contribution in [0, 0.1) is 17.6 Å². The van der Waals surface area contributed by atoms with Crippen molar-refractivity contribution >= 4 is 17.7 Å². The average Bonchev–Trinajstić information content (AvgIpc) is 3.68. The van der Waals surface area contributed by atoms with Crippen LogP contribution in [-0.2, 0) is 30.4 Å². The number of aliphatic hydroxyl groups excluding tert-OH is 2. The van der Waals surface area contributed by atoms with Crippen LogP contribution in [0.2, 0.25) is 0 Å². The standard InChI is InChI=1S/C28H36F2N4O7/c29-19-4-1-15(7-20(19)30)10-33-11-17-8-21(33)28(39)32-5-6-40-18(12-32)13-34(27(38)16-2-3-16)14-23-26(37)25(36)22(41-23)9-24(35)31-17/h1,4,7,16-18,21-23,25-26,36-37H,2-3,5-6,8-14H2,(H,31,35)/t17-,18-,21-,22-,23+,25-,26+/m0/s1. The van der Waals surface area contributed by atoms with Crippen LogP contribution in [0.4, 0.5) is 8.78 Å². The molecule has 4 heterocycles. The number of carbonyl (C=O) groups is 3. The van der Waals surface area contributed by atoms with E-state index in [0.29, 0.717) is 25.1 Å². The molecule has 224 valence electrons. The number of ether oxygens (including phenoxy) is 2. The van der Waals surface area contributed by atoms with Crippen molar-refractivity contribution in [1.82, 2.24) is 20.0 Å². The summed E-state index contributed by atoms with van der Waals surface area (Å²) in [5.41, 5.74) is 0.496. The van der Waals surface area contributed by atoms with E-state index in [4.69, 9.17) is 9.47 Å². The second-order valence-electron chi connectivity index (χ2n) is 11.9. The molecule has 3 amide bonds. The molecule has 7 atom stereocenters. The minimum atomic E-state index is -1.30. The fraction of sp³-hybridized carbons (Fsp3) is 0.679. The first-order valence-corrected chi connectivity index (χ1v) is 14.3. The predicted octanol–water partition coefficient (Wildman–Crippen LogP) is -0.617. The summed E-state index contributed by atoms with van der Waals surface area (Å²) in [7, 11) is 0. The quantitative estimate of drug-likeness (QED) is 0.433. The highest BCUT2D eigenvalue weighted by molar-refractivity contribution is 5.83. The van der Waals surface area contributed by atoms with E-state index in [2.05, 4.69) is 5.32 Å². The van der Waals surface area contributed by atoms with Gasteiger partial charge in [-0.3, -0.25) is 19.3 Å². The van der Waals surface area contributed by atoms with Gasteiger partial charge in [0, 0.05) is 51.2 Å². The van der Waals surface area contributed by atoms with Gasteiger partial charge in [-0.25, -0.2) is 8.78 Å². The summed E-state index contributed by atoms with van der Waals surface area (Å²) in [5.74, 6) is -2.68. The molecule has 13 heteroatoms. The maximum Gasteiger partial charge on any atom is 0.240 e. The SMILES string of the molecule is O=C1C[C@@H]2O[C@H](CN(C(=O)C3CC3)C[C@@H]3CN(CCO3)C(=O)[C@@H]3C[C@@H](CN3Cc3ccc(F)c(F)c3)N1)[C@@H](O)[C@H]2O. The number of morpholine rings is 1. The first kappa shape index (κ1) is 28.4. The molecule has 5 aliphatic rings. The van der Waals surface area contributed by atoms with Crippen molar-refractivity contribution in [2.24, 2.45) is 5.92 Å². The van der Waals surface area contributed by atoms with Crippen molar-refractivity contribution in [3.63, 3.8) is 0 Å². The van der Waals surface area contributed by atoms with E-state index in [0.717, 1.165) is 25.0 Å². The normalized spacial score (nSPS) is 35.1. The zero-order valence-electron chi connectivity index (χ0n) is 22.7. The molecule has 1 saturated carbocycles. The highest BCUT2D eigenvalue weighted by Crippen LogP contribution is 2.33. The van der Waals surface area contributed by atoms with Gasteiger partial charge >= 0.3 is 0 Å². The van der Waals surface area contributed by atoms with Gasteiger partial charge in [-0.15, -0.1) is 0 Å². The Balaban J connectivity index is 1.26. The molecule has 1 aromatic rings. The zero-order valence-corrected chi connectivity index (χ0v) is 22.7. The van der Waals surface area contributed by atoms with Crippen molar-refractivity contribution in [2.45, 2.75) is 74.8 Å². The lowest BCUT2D eigenvalue weighted by Crippen LogP contribution is -2.55. The van der Waals surface area contributed by atoms with Crippen molar-refractivity contribution in [1.29, 1.82) is 0 Å². The average molecular weight is 579 g/mol. The molecule has 0 spiro atoms. The number of rotatable bonds is 3. The molecule has 6 bridgehead atoms. The van der Waals surface area contributed by atoms with Crippen LogP contribution in [0.5, 0.6) is 0 Å². The number of nitrogens with one attached hydrogen (secondary N) is 1. The first-order valence-electron chi connectivity index (χ1n) is 14.3. The van der Waals surface area contributed by atoms with Gasteiger partial charge in [0.25, 0.3) is 0 Å². The molecule has 4 saturated heterocycles. The second kappa shape index (κ2) is 11.5. The Labute approximate surface area is 236 Å². The van der Waals surface area contributed by atoms with Crippen molar-refractivity contribution in [2.75, 3.05) is 39.3 Å². The summed E-state index contributed by atoms with van der Waals surface area (Å²) >= 11 is 0. The molecule has 41 heavy (non-hydrogen) atoms. The summed E-state index contributed by atoms with van der Waals surface area (Å²) in [4.78, 5) is 45.2. The molecule has 5 fully saturated rings. The summed E-state index contributed by atoms with van der Waals surface area (Å²) < 4.78 is 39.4. The monoisotopic (exact) mass is 578 g/mol. The summed E-state index contributed by atoms with van der Waals surface area (Å²) in [6, 6.07) is 2.60. The number of carbonyl (C=O) groups excluding carboxylic acids is 3. The molecule has 3 N–H and O–H groups in total. The maximum atomic E-state index is 13.9. The smallest absolute Gasteiger partial charge is 0.240 e. The lowest BCUT2D eigenvalue weighted by Gasteiger charge is -2.38. The topological polar surface area (TPSA) is 132 Å². The molecular weight excluding hydrogens is 542 g/mol. The van der Waals surface area contributed by atoms with E-state index >= 15 is 0 Å². The van der Waals surface area contributed by atoms with Crippen LogP contribution in [0.1, 0.15) is 31.2 Å². The van der Waals surface area contributed by atoms with Gasteiger partial charge in [-0.05, 0) is 37.0 Å². The summed E-state index contributed by atoms with van der Waals surface area (Å²) in [5, 5.41) is 24.3. The Hall–Kier alpha value is -2.71. The number of likely N-dealkylation sites (tertiary alicyclic amines) is 1. The van der Waals surface area contributed by atoms with Crippen LogP contribution in [-0.4, -0.2) is 125 Å². The fourth-order valence-corrected chi connectivity index (χ4v) is 6.47. The number of nitrogens with zero attached hydrogens (tertiary/aromatic N) is 3. The Morgan fingerprint density at radius 1 is 1.02 bits per heavy atom. The second-order valence-corrected chi connectivity index (χ2v) is 11.9. The Morgan fingerprint density at radius 3 is 2.56 bits per heavy atom. The van der Waals surface area contributed by atoms with Gasteiger partial charge < -0.3 is 34.8 Å². The highest BCUT2D eigenvalue weighted by atomic mass is 19.2.